The van der Waals surface area contributed by atoms with Gasteiger partial charge in [-0.2, -0.15) is 0 Å². The first-order chi connectivity index (χ1) is 27.2. The van der Waals surface area contributed by atoms with Gasteiger partial charge in [-0.1, -0.05) is 164 Å². The maximum atomic E-state index is 6.67. The van der Waals surface area contributed by atoms with Crippen LogP contribution in [0.15, 0.2) is 192 Å². The quantitative estimate of drug-likeness (QED) is 0.164. The molecule has 258 valence electrons. The molecule has 0 amide bonds. The lowest BCUT2D eigenvalue weighted by molar-refractivity contribution is 0.669. The molecule has 0 aliphatic carbocycles. The number of hydrogen-bond donors (Lipinski definition) is 0. The van der Waals surface area contributed by atoms with Gasteiger partial charge in [-0.05, 0) is 35.4 Å². The summed E-state index contributed by atoms with van der Waals surface area (Å²) in [5, 5.41) is 2.03. The Morgan fingerprint density at radius 2 is 0.745 bits per heavy atom. The molecule has 10 aromatic rings. The van der Waals surface area contributed by atoms with Crippen LogP contribution in [0.3, 0.4) is 0 Å². The summed E-state index contributed by atoms with van der Waals surface area (Å²) < 4.78 is 6.67. The minimum Gasteiger partial charge on any atom is -0.455 e. The van der Waals surface area contributed by atoms with Crippen molar-refractivity contribution in [1.82, 2.24) is 24.9 Å². The molecule has 0 saturated carbocycles. The zero-order chi connectivity index (χ0) is 36.6. The van der Waals surface area contributed by atoms with Crippen LogP contribution in [0.5, 0.6) is 0 Å². The van der Waals surface area contributed by atoms with Gasteiger partial charge >= 0.3 is 0 Å². The van der Waals surface area contributed by atoms with E-state index in [1.807, 2.05) is 109 Å². The van der Waals surface area contributed by atoms with E-state index in [1.54, 1.807) is 0 Å². The fraction of sp³-hybridized carbons (Fsp3) is 0. The Kier molecular flexibility index (Phi) is 8.04. The van der Waals surface area contributed by atoms with Crippen LogP contribution in [0.2, 0.25) is 0 Å². The lowest BCUT2D eigenvalue weighted by atomic mass is 10.0. The summed E-state index contributed by atoms with van der Waals surface area (Å²) in [5.41, 5.74) is 11.1. The number of aromatic nitrogens is 5. The third-order valence-corrected chi connectivity index (χ3v) is 9.78. The Balaban J connectivity index is 1.03. The molecule has 6 heteroatoms. The van der Waals surface area contributed by atoms with Crippen molar-refractivity contribution in [3.05, 3.63) is 188 Å². The molecule has 0 fully saturated rings. The smallest absolute Gasteiger partial charge is 0.167 e. The van der Waals surface area contributed by atoms with Gasteiger partial charge in [0.15, 0.2) is 23.3 Å². The maximum Gasteiger partial charge on any atom is 0.167 e. The average Bonchev–Trinajstić information content (AvgIpc) is 3.66. The Hall–Kier alpha value is -7.57. The highest BCUT2D eigenvalue weighted by Gasteiger charge is 2.18. The molecular formula is C49H31N5O. The summed E-state index contributed by atoms with van der Waals surface area (Å²) in [6.07, 6.45) is 0. The Labute approximate surface area is 317 Å². The van der Waals surface area contributed by atoms with Crippen molar-refractivity contribution in [3.8, 4) is 79.2 Å². The highest BCUT2D eigenvalue weighted by molar-refractivity contribution is 6.10. The second-order valence-electron chi connectivity index (χ2n) is 13.3. The molecule has 3 heterocycles. The Morgan fingerprint density at radius 1 is 0.291 bits per heavy atom. The third kappa shape index (κ3) is 6.22. The Morgan fingerprint density at radius 3 is 1.31 bits per heavy atom. The zero-order valence-electron chi connectivity index (χ0n) is 29.5. The number of rotatable bonds is 7. The van der Waals surface area contributed by atoms with Crippen LogP contribution in [0.1, 0.15) is 0 Å². The molecule has 0 aliphatic rings. The topological polar surface area (TPSA) is 77.6 Å². The van der Waals surface area contributed by atoms with E-state index in [2.05, 4.69) is 78.9 Å². The van der Waals surface area contributed by atoms with E-state index in [0.717, 1.165) is 77.8 Å². The summed E-state index contributed by atoms with van der Waals surface area (Å²) in [5.74, 6) is 2.45. The summed E-state index contributed by atoms with van der Waals surface area (Å²) in [6, 6.07) is 63.5. The molecule has 55 heavy (non-hydrogen) atoms. The van der Waals surface area contributed by atoms with Crippen molar-refractivity contribution < 1.29 is 4.42 Å². The first-order valence-electron chi connectivity index (χ1n) is 18.2. The summed E-state index contributed by atoms with van der Waals surface area (Å²) in [7, 11) is 0. The monoisotopic (exact) mass is 705 g/mol. The van der Waals surface area contributed by atoms with E-state index in [4.69, 9.17) is 29.3 Å². The van der Waals surface area contributed by atoms with Gasteiger partial charge in [0.1, 0.15) is 11.2 Å². The van der Waals surface area contributed by atoms with Gasteiger partial charge in [-0.25, -0.2) is 24.9 Å². The molecule has 0 aliphatic heterocycles. The second kappa shape index (κ2) is 13.8. The lowest BCUT2D eigenvalue weighted by Gasteiger charge is -2.10. The fourth-order valence-corrected chi connectivity index (χ4v) is 6.98. The number of nitrogens with zero attached hydrogens (tertiary/aromatic N) is 5. The van der Waals surface area contributed by atoms with E-state index in [9.17, 15) is 0 Å². The van der Waals surface area contributed by atoms with E-state index < -0.39 is 0 Å². The molecule has 0 N–H and O–H groups in total. The zero-order valence-corrected chi connectivity index (χ0v) is 29.5. The molecule has 0 atom stereocenters. The van der Waals surface area contributed by atoms with Crippen molar-refractivity contribution in [2.24, 2.45) is 0 Å². The molecule has 0 unspecified atom stereocenters. The largest absolute Gasteiger partial charge is 0.455 e. The normalized spacial score (nSPS) is 11.3. The molecular weight excluding hydrogens is 675 g/mol. The van der Waals surface area contributed by atoms with Crippen molar-refractivity contribution >= 4 is 21.9 Å². The molecule has 6 nitrogen and oxygen atoms in total. The van der Waals surface area contributed by atoms with Gasteiger partial charge < -0.3 is 4.42 Å². The third-order valence-electron chi connectivity index (χ3n) is 9.78. The van der Waals surface area contributed by atoms with Gasteiger partial charge in [0.05, 0.1) is 17.0 Å². The molecule has 0 spiro atoms. The predicted octanol–water partition coefficient (Wildman–Crippen LogP) is 12.2. The second-order valence-corrected chi connectivity index (χ2v) is 13.3. The summed E-state index contributed by atoms with van der Waals surface area (Å²) in [4.78, 5) is 24.8. The number of hydrogen-bond acceptors (Lipinski definition) is 6. The lowest BCUT2D eigenvalue weighted by Crippen LogP contribution is -2.00. The minimum absolute atomic E-state index is 0.558. The first-order valence-corrected chi connectivity index (χ1v) is 18.2. The van der Waals surface area contributed by atoms with Crippen molar-refractivity contribution in [2.45, 2.75) is 0 Å². The molecule has 0 saturated heterocycles. The Bertz CT molecular complexity index is 2830. The van der Waals surface area contributed by atoms with E-state index in [-0.39, 0.29) is 0 Å². The molecule has 7 aromatic carbocycles. The van der Waals surface area contributed by atoms with Crippen LogP contribution >= 0.6 is 0 Å². The van der Waals surface area contributed by atoms with Crippen LogP contribution in [0, 0.1) is 0 Å². The van der Waals surface area contributed by atoms with Gasteiger partial charge in [-0.15, -0.1) is 0 Å². The van der Waals surface area contributed by atoms with Crippen LogP contribution in [-0.2, 0) is 0 Å². The minimum atomic E-state index is 0.558. The summed E-state index contributed by atoms with van der Waals surface area (Å²) >= 11 is 0. The molecule has 10 rings (SSSR count). The number of benzene rings is 7. The maximum absolute atomic E-state index is 6.67. The highest BCUT2D eigenvalue weighted by atomic mass is 16.3. The SMILES string of the molecule is c1ccc(-c2cc(-c3ccccc3)nc(-c3ccc(-c4ccc5c(c4)oc4c(-c6nc(-c7ccccc7)nc(-c7ccccc7)n6)cccc45)cc3)n2)cc1. The van der Waals surface area contributed by atoms with Gasteiger partial charge in [0, 0.05) is 38.6 Å². The van der Waals surface area contributed by atoms with Gasteiger partial charge in [-0.3, -0.25) is 0 Å². The van der Waals surface area contributed by atoms with Crippen LogP contribution in [0.25, 0.3) is 101 Å². The van der Waals surface area contributed by atoms with Crippen molar-refractivity contribution in [2.75, 3.05) is 0 Å². The van der Waals surface area contributed by atoms with Crippen molar-refractivity contribution in [3.63, 3.8) is 0 Å². The van der Waals surface area contributed by atoms with Gasteiger partial charge in [0.2, 0.25) is 0 Å². The molecule has 0 radical (unpaired) electrons. The molecule has 0 bridgehead atoms. The standard InChI is InChI=1S/C49H31N5O/c1-5-14-33(15-6-1)42-31-43(34-16-7-2-8-17-34)51-46(50-42)37-26-24-32(25-27-37)38-28-29-39-40-22-13-23-41(45(40)55-44(39)30-38)49-53-47(35-18-9-3-10-19-35)52-48(54-49)36-20-11-4-12-21-36/h1-31H. The highest BCUT2D eigenvalue weighted by Crippen LogP contribution is 2.38. The first kappa shape index (κ1) is 32.1. The molecule has 3 aromatic heterocycles. The number of fused-ring (bicyclic) bond motifs is 3. The van der Waals surface area contributed by atoms with E-state index >= 15 is 0 Å². The fourth-order valence-electron chi connectivity index (χ4n) is 6.98. The number of furan rings is 1. The van der Waals surface area contributed by atoms with E-state index in [0.29, 0.717) is 23.3 Å². The van der Waals surface area contributed by atoms with Crippen LogP contribution in [0.4, 0.5) is 0 Å². The van der Waals surface area contributed by atoms with Crippen LogP contribution < -0.4 is 0 Å². The van der Waals surface area contributed by atoms with Gasteiger partial charge in [0.25, 0.3) is 0 Å². The summed E-state index contributed by atoms with van der Waals surface area (Å²) in [6.45, 7) is 0. The van der Waals surface area contributed by atoms with E-state index in [1.165, 1.54) is 0 Å². The number of para-hydroxylation sites is 1. The van der Waals surface area contributed by atoms with Crippen molar-refractivity contribution in [1.29, 1.82) is 0 Å². The predicted molar refractivity (Wildman–Crippen MR) is 221 cm³/mol. The average molecular weight is 706 g/mol. The van der Waals surface area contributed by atoms with Crippen LogP contribution in [-0.4, -0.2) is 24.9 Å².